The monoisotopic (exact) mass is 324 g/mol. The minimum atomic E-state index is 0.961. The lowest BCUT2D eigenvalue weighted by molar-refractivity contribution is 0.276. The molecule has 0 N–H and O–H groups in total. The molecule has 0 spiro atoms. The van der Waals surface area contributed by atoms with Gasteiger partial charge in [-0.05, 0) is 11.8 Å². The van der Waals surface area contributed by atoms with Crippen LogP contribution in [0, 0.1) is 11.8 Å². The van der Waals surface area contributed by atoms with Crippen LogP contribution >= 0.6 is 0 Å². The van der Waals surface area contributed by atoms with Crippen molar-refractivity contribution in [3.05, 3.63) is 0 Å². The Labute approximate surface area is 149 Å². The summed E-state index contributed by atoms with van der Waals surface area (Å²) in [6.45, 7) is 9.51. The molecule has 2 atom stereocenters. The van der Waals surface area contributed by atoms with Crippen molar-refractivity contribution in [2.45, 2.75) is 137 Å². The van der Waals surface area contributed by atoms with Crippen LogP contribution in [0.2, 0.25) is 0 Å². The molecule has 0 aliphatic rings. The molecule has 0 saturated heterocycles. The van der Waals surface area contributed by atoms with Crippen molar-refractivity contribution in [1.82, 2.24) is 0 Å². The average molecular weight is 325 g/mol. The Morgan fingerprint density at radius 1 is 0.435 bits per heavy atom. The quantitative estimate of drug-likeness (QED) is 0.221. The molecule has 0 nitrogen and oxygen atoms in total. The molecule has 0 aliphatic carbocycles. The van der Waals surface area contributed by atoms with Crippen molar-refractivity contribution in [3.63, 3.8) is 0 Å². The first-order valence-electron chi connectivity index (χ1n) is 11.3. The van der Waals surface area contributed by atoms with Crippen molar-refractivity contribution in [3.8, 4) is 0 Å². The van der Waals surface area contributed by atoms with E-state index in [1.54, 1.807) is 0 Å². The van der Waals surface area contributed by atoms with E-state index in [1.807, 2.05) is 0 Å². The van der Waals surface area contributed by atoms with E-state index in [2.05, 4.69) is 27.7 Å². The lowest BCUT2D eigenvalue weighted by atomic mass is 9.82. The minimum absolute atomic E-state index is 0.961. The molecule has 0 aromatic carbocycles. The fourth-order valence-corrected chi connectivity index (χ4v) is 3.85. The lowest BCUT2D eigenvalue weighted by Gasteiger charge is -2.24. The maximum atomic E-state index is 2.55. The van der Waals surface area contributed by atoms with Crippen molar-refractivity contribution in [2.75, 3.05) is 0 Å². The Morgan fingerprint density at radius 3 is 1.35 bits per heavy atom. The van der Waals surface area contributed by atoms with Gasteiger partial charge in [0.15, 0.2) is 0 Å². The molecule has 0 saturated carbocycles. The maximum Gasteiger partial charge on any atom is -0.0388 e. The lowest BCUT2D eigenvalue weighted by Crippen LogP contribution is -2.12. The van der Waals surface area contributed by atoms with Gasteiger partial charge in [0.1, 0.15) is 0 Å². The van der Waals surface area contributed by atoms with Gasteiger partial charge in [0.25, 0.3) is 0 Å². The Bertz CT molecular complexity index is 208. The summed E-state index contributed by atoms with van der Waals surface area (Å²) < 4.78 is 0. The molecule has 2 unspecified atom stereocenters. The van der Waals surface area contributed by atoms with Crippen LogP contribution in [0.25, 0.3) is 0 Å². The zero-order valence-electron chi connectivity index (χ0n) is 17.2. The Morgan fingerprint density at radius 2 is 0.826 bits per heavy atom. The summed E-state index contributed by atoms with van der Waals surface area (Å²) in [5.41, 5.74) is 0. The van der Waals surface area contributed by atoms with Gasteiger partial charge in [0.05, 0.1) is 0 Å². The predicted octanol–water partition coefficient (Wildman–Crippen LogP) is 8.93. The van der Waals surface area contributed by atoms with Gasteiger partial charge in [-0.2, -0.15) is 0 Å². The summed E-state index contributed by atoms with van der Waals surface area (Å²) in [5, 5.41) is 0. The Balaban J connectivity index is 3.81. The SMILES string of the molecule is CCCCCCCCC(C)C(CCCC)CCCCCCCC. The summed E-state index contributed by atoms with van der Waals surface area (Å²) in [6.07, 6.45) is 24.7. The van der Waals surface area contributed by atoms with Gasteiger partial charge < -0.3 is 0 Å². The summed E-state index contributed by atoms with van der Waals surface area (Å²) in [7, 11) is 0. The molecule has 0 fully saturated rings. The highest BCUT2D eigenvalue weighted by atomic mass is 14.2. The van der Waals surface area contributed by atoms with Crippen molar-refractivity contribution in [1.29, 1.82) is 0 Å². The number of hydrogen-bond acceptors (Lipinski definition) is 0. The molecule has 0 heterocycles. The summed E-state index contributed by atoms with van der Waals surface area (Å²) in [4.78, 5) is 0. The van der Waals surface area contributed by atoms with E-state index >= 15 is 0 Å². The third kappa shape index (κ3) is 15.3. The standard InChI is InChI=1S/C23H48/c1-5-8-11-13-15-17-19-22(4)23(20-10-7-3)21-18-16-14-12-9-6-2/h22-23H,5-21H2,1-4H3. The number of hydrogen-bond donors (Lipinski definition) is 0. The van der Waals surface area contributed by atoms with Crippen molar-refractivity contribution in [2.24, 2.45) is 11.8 Å². The van der Waals surface area contributed by atoms with Gasteiger partial charge in [0.2, 0.25) is 0 Å². The highest BCUT2D eigenvalue weighted by Gasteiger charge is 2.16. The van der Waals surface area contributed by atoms with Gasteiger partial charge in [-0.1, -0.05) is 137 Å². The van der Waals surface area contributed by atoms with Crippen LogP contribution in [0.1, 0.15) is 137 Å². The summed E-state index contributed by atoms with van der Waals surface area (Å²) >= 11 is 0. The topological polar surface area (TPSA) is 0 Å². The fourth-order valence-electron chi connectivity index (χ4n) is 3.85. The summed E-state index contributed by atoms with van der Waals surface area (Å²) in [5.74, 6) is 1.97. The highest BCUT2D eigenvalue weighted by molar-refractivity contribution is 4.68. The summed E-state index contributed by atoms with van der Waals surface area (Å²) in [6, 6.07) is 0. The zero-order chi connectivity index (χ0) is 17.2. The van der Waals surface area contributed by atoms with Gasteiger partial charge in [-0.15, -0.1) is 0 Å². The van der Waals surface area contributed by atoms with E-state index in [1.165, 1.54) is 109 Å². The van der Waals surface area contributed by atoms with E-state index in [-0.39, 0.29) is 0 Å². The molecule has 0 aromatic rings. The molecule has 140 valence electrons. The zero-order valence-corrected chi connectivity index (χ0v) is 17.2. The molecular formula is C23H48. The van der Waals surface area contributed by atoms with Gasteiger partial charge in [0, 0.05) is 0 Å². The first-order valence-corrected chi connectivity index (χ1v) is 11.3. The minimum Gasteiger partial charge on any atom is -0.0654 e. The Hall–Kier alpha value is 0. The molecule has 0 rings (SSSR count). The molecule has 0 bridgehead atoms. The van der Waals surface area contributed by atoms with Crippen LogP contribution in [0.5, 0.6) is 0 Å². The second-order valence-corrected chi connectivity index (χ2v) is 7.99. The van der Waals surface area contributed by atoms with E-state index < -0.39 is 0 Å². The molecule has 0 aromatic heterocycles. The first-order chi connectivity index (χ1) is 11.3. The highest BCUT2D eigenvalue weighted by Crippen LogP contribution is 2.29. The van der Waals surface area contributed by atoms with Gasteiger partial charge >= 0.3 is 0 Å². The maximum absolute atomic E-state index is 2.55. The predicted molar refractivity (Wildman–Crippen MR) is 108 cm³/mol. The fraction of sp³-hybridized carbons (Fsp3) is 1.00. The van der Waals surface area contributed by atoms with Gasteiger partial charge in [-0.3, -0.25) is 0 Å². The molecule has 0 amide bonds. The first kappa shape index (κ1) is 23.0. The molecular weight excluding hydrogens is 276 g/mol. The van der Waals surface area contributed by atoms with Crippen LogP contribution < -0.4 is 0 Å². The van der Waals surface area contributed by atoms with Gasteiger partial charge in [-0.25, -0.2) is 0 Å². The molecule has 0 aliphatic heterocycles. The van der Waals surface area contributed by atoms with E-state index in [9.17, 15) is 0 Å². The van der Waals surface area contributed by atoms with Crippen LogP contribution in [0.3, 0.4) is 0 Å². The van der Waals surface area contributed by atoms with Crippen molar-refractivity contribution >= 4 is 0 Å². The van der Waals surface area contributed by atoms with Crippen molar-refractivity contribution < 1.29 is 0 Å². The second kappa shape index (κ2) is 18.3. The Kier molecular flexibility index (Phi) is 18.3. The molecule has 0 radical (unpaired) electrons. The van der Waals surface area contributed by atoms with Crippen LogP contribution in [-0.4, -0.2) is 0 Å². The van der Waals surface area contributed by atoms with Crippen LogP contribution in [-0.2, 0) is 0 Å². The van der Waals surface area contributed by atoms with Crippen LogP contribution in [0.15, 0.2) is 0 Å². The largest absolute Gasteiger partial charge is 0.0654 e. The second-order valence-electron chi connectivity index (χ2n) is 7.99. The average Bonchev–Trinajstić information content (AvgIpc) is 2.56. The normalized spacial score (nSPS) is 14.1. The molecule has 23 heavy (non-hydrogen) atoms. The number of unbranched alkanes of at least 4 members (excludes halogenated alkanes) is 11. The van der Waals surface area contributed by atoms with Crippen LogP contribution in [0.4, 0.5) is 0 Å². The van der Waals surface area contributed by atoms with E-state index in [4.69, 9.17) is 0 Å². The third-order valence-corrected chi connectivity index (χ3v) is 5.67. The smallest absolute Gasteiger partial charge is 0.0388 e. The van der Waals surface area contributed by atoms with E-state index in [0.29, 0.717) is 0 Å². The number of rotatable bonds is 18. The molecule has 0 heteroatoms. The third-order valence-electron chi connectivity index (χ3n) is 5.67. The van der Waals surface area contributed by atoms with E-state index in [0.717, 1.165) is 11.8 Å².